The molecule has 0 radical (unpaired) electrons. The van der Waals surface area contributed by atoms with Crippen molar-refractivity contribution in [1.29, 1.82) is 0 Å². The molecule has 0 bridgehead atoms. The highest BCUT2D eigenvalue weighted by Crippen LogP contribution is 2.14. The summed E-state index contributed by atoms with van der Waals surface area (Å²) in [6.45, 7) is 2.31. The maximum atomic E-state index is 8.96. The number of hydrogen-bond donors (Lipinski definition) is 1. The van der Waals surface area contributed by atoms with Crippen molar-refractivity contribution in [3.8, 4) is 0 Å². The Morgan fingerprint density at radius 2 is 2.00 bits per heavy atom. The predicted molar refractivity (Wildman–Crippen MR) is 66.3 cm³/mol. The van der Waals surface area contributed by atoms with E-state index in [1.54, 1.807) is 0 Å². The van der Waals surface area contributed by atoms with Crippen LogP contribution in [0.3, 0.4) is 0 Å². The average Bonchev–Trinajstić information content (AvgIpc) is 2.35. The first-order valence-electron chi connectivity index (χ1n) is 5.75. The Labute approximate surface area is 96.0 Å². The number of aryl methyl sites for hydroxylation is 1. The van der Waals surface area contributed by atoms with Crippen molar-refractivity contribution in [2.45, 2.75) is 19.8 Å². The van der Waals surface area contributed by atoms with Crippen LogP contribution in [0.2, 0.25) is 0 Å². The molecule has 1 unspecified atom stereocenters. The van der Waals surface area contributed by atoms with E-state index in [0.29, 0.717) is 5.92 Å². The molecule has 0 saturated heterocycles. The summed E-state index contributed by atoms with van der Waals surface area (Å²) in [6, 6.07) is 12.3. The molecule has 0 amide bonds. The predicted octanol–water partition coefficient (Wildman–Crippen LogP) is 2.80. The summed E-state index contributed by atoms with van der Waals surface area (Å²) in [7, 11) is 0. The van der Waals surface area contributed by atoms with Crippen LogP contribution in [0.4, 0.5) is 0 Å². The van der Waals surface area contributed by atoms with Crippen molar-refractivity contribution in [3.05, 3.63) is 42.1 Å². The number of benzene rings is 1. The van der Waals surface area contributed by atoms with Gasteiger partial charge in [-0.3, -0.25) is 4.98 Å². The van der Waals surface area contributed by atoms with E-state index in [9.17, 15) is 0 Å². The summed E-state index contributed by atoms with van der Waals surface area (Å²) in [6.07, 6.45) is 1.93. The molecule has 2 heteroatoms. The summed E-state index contributed by atoms with van der Waals surface area (Å²) in [5.74, 6) is 0.355. The van der Waals surface area contributed by atoms with Crippen LogP contribution < -0.4 is 0 Å². The topological polar surface area (TPSA) is 33.1 Å². The van der Waals surface area contributed by atoms with Gasteiger partial charge in [0.25, 0.3) is 0 Å². The van der Waals surface area contributed by atoms with Crippen molar-refractivity contribution in [2.24, 2.45) is 5.92 Å². The molecule has 0 aliphatic rings. The van der Waals surface area contributed by atoms with Crippen LogP contribution in [0.15, 0.2) is 36.4 Å². The van der Waals surface area contributed by atoms with Crippen LogP contribution in [0.1, 0.15) is 19.0 Å². The van der Waals surface area contributed by atoms with Gasteiger partial charge < -0.3 is 5.11 Å². The number of aromatic nitrogens is 1. The lowest BCUT2D eigenvalue weighted by atomic mass is 10.0. The highest BCUT2D eigenvalue weighted by molar-refractivity contribution is 5.78. The number of para-hydroxylation sites is 1. The minimum absolute atomic E-state index is 0.258. The van der Waals surface area contributed by atoms with E-state index in [2.05, 4.69) is 30.1 Å². The number of hydrogen-bond acceptors (Lipinski definition) is 2. The van der Waals surface area contributed by atoms with Crippen LogP contribution in [-0.2, 0) is 6.42 Å². The summed E-state index contributed by atoms with van der Waals surface area (Å²) in [5.41, 5.74) is 2.16. The zero-order chi connectivity index (χ0) is 11.4. The molecule has 0 saturated carbocycles. The van der Waals surface area contributed by atoms with Gasteiger partial charge in [-0.05, 0) is 30.9 Å². The molecule has 1 N–H and O–H groups in total. The molecule has 0 aliphatic heterocycles. The van der Waals surface area contributed by atoms with E-state index in [1.807, 2.05) is 18.2 Å². The van der Waals surface area contributed by atoms with Crippen LogP contribution in [0.25, 0.3) is 10.9 Å². The fourth-order valence-electron chi connectivity index (χ4n) is 1.73. The van der Waals surface area contributed by atoms with Gasteiger partial charge in [-0.1, -0.05) is 31.2 Å². The fraction of sp³-hybridized carbons (Fsp3) is 0.357. The Morgan fingerprint density at radius 3 is 2.81 bits per heavy atom. The third kappa shape index (κ3) is 2.58. The molecule has 1 aromatic heterocycles. The molecule has 16 heavy (non-hydrogen) atoms. The van der Waals surface area contributed by atoms with Gasteiger partial charge in [-0.25, -0.2) is 0 Å². The van der Waals surface area contributed by atoms with Crippen molar-refractivity contribution < 1.29 is 5.11 Å². The van der Waals surface area contributed by atoms with Crippen molar-refractivity contribution in [3.63, 3.8) is 0 Å². The number of fused-ring (bicyclic) bond motifs is 1. The lowest BCUT2D eigenvalue weighted by Crippen LogP contribution is -2.03. The van der Waals surface area contributed by atoms with Gasteiger partial charge in [0.15, 0.2) is 0 Å². The number of pyridine rings is 1. The van der Waals surface area contributed by atoms with Crippen LogP contribution in [-0.4, -0.2) is 16.7 Å². The van der Waals surface area contributed by atoms with Crippen LogP contribution >= 0.6 is 0 Å². The highest BCUT2D eigenvalue weighted by Gasteiger charge is 2.02. The van der Waals surface area contributed by atoms with E-state index < -0.39 is 0 Å². The molecule has 0 aliphatic carbocycles. The fourth-order valence-corrected chi connectivity index (χ4v) is 1.73. The van der Waals surface area contributed by atoms with Gasteiger partial charge in [0.2, 0.25) is 0 Å². The second kappa shape index (κ2) is 5.08. The molecule has 2 nitrogen and oxygen atoms in total. The molecular weight excluding hydrogens is 198 g/mol. The molecule has 0 fully saturated rings. The van der Waals surface area contributed by atoms with E-state index >= 15 is 0 Å². The average molecular weight is 215 g/mol. The standard InChI is InChI=1S/C14H17NO/c1-11(10-16)6-8-13-9-7-12-4-2-3-5-14(12)15-13/h2-5,7,9,11,16H,6,8,10H2,1H3. The number of nitrogens with zero attached hydrogens (tertiary/aromatic N) is 1. The van der Waals surface area contributed by atoms with Gasteiger partial charge in [-0.2, -0.15) is 0 Å². The minimum Gasteiger partial charge on any atom is -0.396 e. The van der Waals surface area contributed by atoms with Crippen molar-refractivity contribution in [2.75, 3.05) is 6.61 Å². The maximum Gasteiger partial charge on any atom is 0.0705 e. The first-order chi connectivity index (χ1) is 7.79. The van der Waals surface area contributed by atoms with Crippen molar-refractivity contribution >= 4 is 10.9 Å². The third-order valence-electron chi connectivity index (χ3n) is 2.86. The second-order valence-corrected chi connectivity index (χ2v) is 4.32. The molecule has 0 spiro atoms. The van der Waals surface area contributed by atoms with Crippen LogP contribution in [0, 0.1) is 5.92 Å². The lowest BCUT2D eigenvalue weighted by molar-refractivity contribution is 0.230. The Hall–Kier alpha value is -1.41. The maximum absolute atomic E-state index is 8.96. The molecule has 2 aromatic rings. The number of aliphatic hydroxyl groups is 1. The van der Waals surface area contributed by atoms with Gasteiger partial charge in [-0.15, -0.1) is 0 Å². The summed E-state index contributed by atoms with van der Waals surface area (Å²) in [4.78, 5) is 4.60. The van der Waals surface area contributed by atoms with Crippen molar-refractivity contribution in [1.82, 2.24) is 4.98 Å². The van der Waals surface area contributed by atoms with Gasteiger partial charge in [0.05, 0.1) is 5.52 Å². The van der Waals surface area contributed by atoms with E-state index in [1.165, 1.54) is 5.39 Å². The summed E-state index contributed by atoms with van der Waals surface area (Å²) < 4.78 is 0. The van der Waals surface area contributed by atoms with E-state index in [-0.39, 0.29) is 6.61 Å². The monoisotopic (exact) mass is 215 g/mol. The van der Waals surface area contributed by atoms with Gasteiger partial charge >= 0.3 is 0 Å². The Kier molecular flexibility index (Phi) is 3.52. The first kappa shape index (κ1) is 11.1. The molecule has 1 aromatic carbocycles. The quantitative estimate of drug-likeness (QED) is 0.850. The number of rotatable bonds is 4. The highest BCUT2D eigenvalue weighted by atomic mass is 16.3. The van der Waals surface area contributed by atoms with Gasteiger partial charge in [0, 0.05) is 17.7 Å². The zero-order valence-electron chi connectivity index (χ0n) is 9.56. The third-order valence-corrected chi connectivity index (χ3v) is 2.86. The minimum atomic E-state index is 0.258. The van der Waals surface area contributed by atoms with E-state index in [0.717, 1.165) is 24.1 Å². The normalized spacial score (nSPS) is 12.9. The zero-order valence-corrected chi connectivity index (χ0v) is 9.56. The summed E-state index contributed by atoms with van der Waals surface area (Å²) >= 11 is 0. The SMILES string of the molecule is CC(CO)CCc1ccc2ccccc2n1. The lowest BCUT2D eigenvalue weighted by Gasteiger charge is -2.07. The second-order valence-electron chi connectivity index (χ2n) is 4.32. The van der Waals surface area contributed by atoms with Crippen LogP contribution in [0.5, 0.6) is 0 Å². The summed E-state index contributed by atoms with van der Waals surface area (Å²) in [5, 5.41) is 10.1. The van der Waals surface area contributed by atoms with Gasteiger partial charge in [0.1, 0.15) is 0 Å². The largest absolute Gasteiger partial charge is 0.396 e. The Morgan fingerprint density at radius 1 is 1.19 bits per heavy atom. The smallest absolute Gasteiger partial charge is 0.0705 e. The van der Waals surface area contributed by atoms with E-state index in [4.69, 9.17) is 5.11 Å². The molecule has 2 rings (SSSR count). The number of aliphatic hydroxyl groups excluding tert-OH is 1. The Balaban J connectivity index is 2.13. The molecule has 1 heterocycles. The molecule has 84 valence electrons. The molecular formula is C14H17NO. The Bertz CT molecular complexity index is 467. The first-order valence-corrected chi connectivity index (χ1v) is 5.75. The molecule has 1 atom stereocenters.